The Kier molecular flexibility index (Phi) is 4.30. The number of rotatable bonds is 4. The largest absolute Gasteiger partial charge is 0.299 e. The molecule has 1 aromatic rings. The molecule has 0 aromatic heterocycles. The minimum absolute atomic E-state index is 0.0423. The number of Topliss-reactive ketones (excluding diaryl/α,β-unsaturated/α-hetero) is 1. The zero-order chi connectivity index (χ0) is 13.8. The average Bonchev–Trinajstić information content (AvgIpc) is 2.41. The van der Waals surface area contributed by atoms with Crippen molar-refractivity contribution in [3.05, 3.63) is 39.9 Å². The van der Waals surface area contributed by atoms with Crippen LogP contribution in [0.25, 0.3) is 0 Å². The van der Waals surface area contributed by atoms with Gasteiger partial charge in [-0.15, -0.1) is 0 Å². The Morgan fingerprint density at radius 1 is 1.42 bits per heavy atom. The van der Waals surface area contributed by atoms with Crippen molar-refractivity contribution in [1.82, 2.24) is 0 Å². The molecule has 1 aliphatic rings. The first-order valence-electron chi connectivity index (χ1n) is 6.86. The summed E-state index contributed by atoms with van der Waals surface area (Å²) in [6.45, 7) is 2.16. The number of carbonyl (C=O) groups excluding carboxylic acids is 1. The lowest BCUT2D eigenvalue weighted by Gasteiger charge is -2.27. The molecule has 0 N–H and O–H groups in total. The van der Waals surface area contributed by atoms with E-state index in [-0.39, 0.29) is 16.5 Å². The third-order valence-corrected chi connectivity index (χ3v) is 4.05. The Morgan fingerprint density at radius 3 is 2.89 bits per heavy atom. The summed E-state index contributed by atoms with van der Waals surface area (Å²) in [5, 5.41) is 10.7. The number of hydrogen-bond acceptors (Lipinski definition) is 3. The summed E-state index contributed by atoms with van der Waals surface area (Å²) in [6.07, 6.45) is 4.34. The van der Waals surface area contributed by atoms with Crippen LogP contribution in [0.5, 0.6) is 0 Å². The lowest BCUT2D eigenvalue weighted by Crippen LogP contribution is -2.26. The molecular formula is C15H19NO3. The number of nitro benzene ring substituents is 1. The molecule has 19 heavy (non-hydrogen) atoms. The molecule has 0 heterocycles. The van der Waals surface area contributed by atoms with Crippen LogP contribution in [0.15, 0.2) is 24.3 Å². The van der Waals surface area contributed by atoms with Gasteiger partial charge < -0.3 is 0 Å². The number of benzene rings is 1. The van der Waals surface area contributed by atoms with E-state index in [0.29, 0.717) is 24.5 Å². The van der Waals surface area contributed by atoms with Crippen molar-refractivity contribution in [2.24, 2.45) is 11.8 Å². The molecule has 1 saturated carbocycles. The zero-order valence-corrected chi connectivity index (χ0v) is 11.2. The molecule has 0 aliphatic heterocycles. The monoisotopic (exact) mass is 261 g/mol. The fourth-order valence-corrected chi connectivity index (χ4v) is 2.85. The second-order valence-electron chi connectivity index (χ2n) is 5.34. The normalized spacial score (nSPS) is 23.3. The molecule has 102 valence electrons. The van der Waals surface area contributed by atoms with E-state index in [1.165, 1.54) is 6.07 Å². The Bertz CT molecular complexity index is 484. The summed E-state index contributed by atoms with van der Waals surface area (Å²) < 4.78 is 0. The van der Waals surface area contributed by atoms with E-state index >= 15 is 0 Å². The number of nitrogens with zero attached hydrogens (tertiary/aromatic N) is 1. The van der Waals surface area contributed by atoms with Gasteiger partial charge in [0.25, 0.3) is 5.69 Å². The molecule has 0 amide bonds. The standard InChI is InChI=1S/C15H19NO3/c1-2-11-6-7-15(17)13(8-11)9-12-4-3-5-14(10-12)16(18)19/h3-5,10-11,13H,2,6-9H2,1H3. The summed E-state index contributed by atoms with van der Waals surface area (Å²) in [5.41, 5.74) is 0.997. The van der Waals surface area contributed by atoms with Gasteiger partial charge in [-0.25, -0.2) is 0 Å². The van der Waals surface area contributed by atoms with Crippen LogP contribution in [0.3, 0.4) is 0 Å². The molecule has 0 radical (unpaired) electrons. The summed E-state index contributed by atoms with van der Waals surface area (Å²) >= 11 is 0. The van der Waals surface area contributed by atoms with Crippen molar-refractivity contribution >= 4 is 11.5 Å². The molecule has 0 spiro atoms. The molecule has 1 fully saturated rings. The molecule has 4 heteroatoms. The first-order chi connectivity index (χ1) is 9.10. The van der Waals surface area contributed by atoms with Gasteiger partial charge in [0.2, 0.25) is 0 Å². The van der Waals surface area contributed by atoms with Crippen LogP contribution >= 0.6 is 0 Å². The van der Waals surface area contributed by atoms with Crippen molar-refractivity contribution in [2.45, 2.75) is 39.0 Å². The van der Waals surface area contributed by atoms with E-state index in [2.05, 4.69) is 6.92 Å². The first kappa shape index (κ1) is 13.7. The first-order valence-corrected chi connectivity index (χ1v) is 6.86. The summed E-state index contributed by atoms with van der Waals surface area (Å²) in [5.74, 6) is 0.985. The van der Waals surface area contributed by atoms with Gasteiger partial charge in [0, 0.05) is 24.5 Å². The fourth-order valence-electron chi connectivity index (χ4n) is 2.85. The predicted octanol–water partition coefficient (Wildman–Crippen LogP) is 3.53. The molecule has 2 rings (SSSR count). The molecule has 1 aliphatic carbocycles. The quantitative estimate of drug-likeness (QED) is 0.615. The minimum Gasteiger partial charge on any atom is -0.299 e. The third kappa shape index (κ3) is 3.40. The Morgan fingerprint density at radius 2 is 2.21 bits per heavy atom. The van der Waals surface area contributed by atoms with E-state index < -0.39 is 0 Å². The van der Waals surface area contributed by atoms with E-state index in [9.17, 15) is 14.9 Å². The van der Waals surface area contributed by atoms with Crippen molar-refractivity contribution in [3.8, 4) is 0 Å². The molecule has 2 atom stereocenters. The van der Waals surface area contributed by atoms with Gasteiger partial charge in [-0.2, -0.15) is 0 Å². The third-order valence-electron chi connectivity index (χ3n) is 4.05. The number of hydrogen-bond donors (Lipinski definition) is 0. The maximum atomic E-state index is 11.9. The topological polar surface area (TPSA) is 60.2 Å². The van der Waals surface area contributed by atoms with Gasteiger partial charge in [0.1, 0.15) is 5.78 Å². The van der Waals surface area contributed by atoms with Crippen LogP contribution in [-0.2, 0) is 11.2 Å². The SMILES string of the molecule is CCC1CCC(=O)C(Cc2cccc([N+](=O)[O-])c2)C1. The average molecular weight is 261 g/mol. The lowest BCUT2D eigenvalue weighted by molar-refractivity contribution is -0.384. The molecular weight excluding hydrogens is 242 g/mol. The maximum Gasteiger partial charge on any atom is 0.269 e. The minimum atomic E-state index is -0.388. The number of nitro groups is 1. The highest BCUT2D eigenvalue weighted by molar-refractivity contribution is 5.82. The molecule has 4 nitrogen and oxygen atoms in total. The molecule has 1 aromatic carbocycles. The van der Waals surface area contributed by atoms with Crippen LogP contribution in [-0.4, -0.2) is 10.7 Å². The summed E-state index contributed by atoms with van der Waals surface area (Å²) in [7, 11) is 0. The van der Waals surface area contributed by atoms with Crippen molar-refractivity contribution in [1.29, 1.82) is 0 Å². The Hall–Kier alpha value is -1.71. The van der Waals surface area contributed by atoms with Crippen LogP contribution in [0.4, 0.5) is 5.69 Å². The van der Waals surface area contributed by atoms with Crippen LogP contribution in [0.1, 0.15) is 38.2 Å². The summed E-state index contributed by atoms with van der Waals surface area (Å²) in [6, 6.07) is 6.64. The van der Waals surface area contributed by atoms with Crippen LogP contribution in [0, 0.1) is 22.0 Å². The van der Waals surface area contributed by atoms with Crippen molar-refractivity contribution < 1.29 is 9.72 Å². The van der Waals surface area contributed by atoms with Gasteiger partial charge in [0.15, 0.2) is 0 Å². The molecule has 0 saturated heterocycles. The van der Waals surface area contributed by atoms with Crippen LogP contribution in [0.2, 0.25) is 0 Å². The maximum absolute atomic E-state index is 11.9. The van der Waals surface area contributed by atoms with Crippen molar-refractivity contribution in [3.63, 3.8) is 0 Å². The highest BCUT2D eigenvalue weighted by Crippen LogP contribution is 2.31. The molecule has 0 bridgehead atoms. The van der Waals surface area contributed by atoms with Gasteiger partial charge in [-0.3, -0.25) is 14.9 Å². The predicted molar refractivity (Wildman–Crippen MR) is 72.9 cm³/mol. The second kappa shape index (κ2) is 5.95. The Balaban J connectivity index is 2.09. The lowest BCUT2D eigenvalue weighted by atomic mass is 9.77. The van der Waals surface area contributed by atoms with Crippen molar-refractivity contribution in [2.75, 3.05) is 0 Å². The highest BCUT2D eigenvalue weighted by Gasteiger charge is 2.28. The van der Waals surface area contributed by atoms with E-state index in [1.807, 2.05) is 6.07 Å². The second-order valence-corrected chi connectivity index (χ2v) is 5.34. The number of non-ortho nitro benzene ring substituents is 1. The van der Waals surface area contributed by atoms with Gasteiger partial charge in [-0.05, 0) is 30.7 Å². The van der Waals surface area contributed by atoms with Gasteiger partial charge >= 0.3 is 0 Å². The highest BCUT2D eigenvalue weighted by atomic mass is 16.6. The summed E-state index contributed by atoms with van der Waals surface area (Å²) in [4.78, 5) is 22.3. The van der Waals surface area contributed by atoms with E-state index in [1.54, 1.807) is 12.1 Å². The van der Waals surface area contributed by atoms with Gasteiger partial charge in [-0.1, -0.05) is 25.5 Å². The zero-order valence-electron chi connectivity index (χ0n) is 11.2. The van der Waals surface area contributed by atoms with Crippen LogP contribution < -0.4 is 0 Å². The molecule has 2 unspecified atom stereocenters. The fraction of sp³-hybridized carbons (Fsp3) is 0.533. The Labute approximate surface area is 113 Å². The van der Waals surface area contributed by atoms with E-state index in [4.69, 9.17) is 0 Å². The van der Waals surface area contributed by atoms with E-state index in [0.717, 1.165) is 24.8 Å². The number of ketones is 1. The smallest absolute Gasteiger partial charge is 0.269 e. The number of carbonyl (C=O) groups is 1. The van der Waals surface area contributed by atoms with Gasteiger partial charge in [0.05, 0.1) is 4.92 Å².